The molecule has 2 unspecified atom stereocenters. The van der Waals surface area contributed by atoms with Gasteiger partial charge in [-0.3, -0.25) is 16.3 Å². The van der Waals surface area contributed by atoms with E-state index in [0.717, 1.165) is 31.4 Å². The first-order valence-corrected chi connectivity index (χ1v) is 5.38. The molecule has 1 aromatic rings. The zero-order valence-electron chi connectivity index (χ0n) is 8.73. The van der Waals surface area contributed by atoms with Gasteiger partial charge in [-0.25, -0.2) is 0 Å². The second-order valence-corrected chi connectivity index (χ2v) is 3.88. The van der Waals surface area contributed by atoms with E-state index in [9.17, 15) is 0 Å². The molecule has 3 N–H and O–H groups in total. The van der Waals surface area contributed by atoms with Crippen molar-refractivity contribution in [3.05, 3.63) is 30.1 Å². The number of hydrogen-bond donors (Lipinski definition) is 2. The molecule has 4 heteroatoms. The fourth-order valence-corrected chi connectivity index (χ4v) is 1.98. The van der Waals surface area contributed by atoms with Gasteiger partial charge in [0.25, 0.3) is 0 Å². The van der Waals surface area contributed by atoms with Crippen LogP contribution in [0.4, 0.5) is 0 Å². The van der Waals surface area contributed by atoms with Gasteiger partial charge in [-0.2, -0.15) is 0 Å². The van der Waals surface area contributed by atoms with Crippen molar-refractivity contribution in [2.45, 2.75) is 31.4 Å². The molecule has 1 aliphatic heterocycles. The Hall–Kier alpha value is -0.970. The molecule has 82 valence electrons. The van der Waals surface area contributed by atoms with E-state index in [4.69, 9.17) is 10.6 Å². The summed E-state index contributed by atoms with van der Waals surface area (Å²) in [5, 5.41) is 0. The number of hydrazine groups is 1. The minimum absolute atomic E-state index is 0.141. The highest BCUT2D eigenvalue weighted by atomic mass is 16.5. The molecule has 15 heavy (non-hydrogen) atoms. The Kier molecular flexibility index (Phi) is 3.66. The van der Waals surface area contributed by atoms with Gasteiger partial charge < -0.3 is 4.74 Å². The number of nitrogens with two attached hydrogens (primary N) is 1. The van der Waals surface area contributed by atoms with Crippen molar-refractivity contribution < 1.29 is 4.74 Å². The molecule has 2 rings (SSSR count). The summed E-state index contributed by atoms with van der Waals surface area (Å²) in [4.78, 5) is 4.09. The van der Waals surface area contributed by atoms with Gasteiger partial charge in [-0.15, -0.1) is 0 Å². The molecule has 0 bridgehead atoms. The van der Waals surface area contributed by atoms with Crippen LogP contribution in [0.1, 0.15) is 30.9 Å². The van der Waals surface area contributed by atoms with Crippen LogP contribution in [-0.2, 0) is 4.74 Å². The molecular weight excluding hydrogens is 190 g/mol. The van der Waals surface area contributed by atoms with Crippen molar-refractivity contribution in [2.75, 3.05) is 6.61 Å². The average Bonchev–Trinajstić information content (AvgIpc) is 2.80. The van der Waals surface area contributed by atoms with E-state index in [1.165, 1.54) is 0 Å². The Balaban J connectivity index is 1.97. The summed E-state index contributed by atoms with van der Waals surface area (Å²) in [5.74, 6) is 5.55. The van der Waals surface area contributed by atoms with E-state index >= 15 is 0 Å². The molecule has 1 saturated heterocycles. The summed E-state index contributed by atoms with van der Waals surface area (Å²) in [6.45, 7) is 0.884. The third kappa shape index (κ3) is 2.75. The van der Waals surface area contributed by atoms with E-state index in [1.54, 1.807) is 6.20 Å². The third-order valence-corrected chi connectivity index (χ3v) is 2.81. The van der Waals surface area contributed by atoms with Crippen molar-refractivity contribution in [3.8, 4) is 0 Å². The summed E-state index contributed by atoms with van der Waals surface area (Å²) < 4.78 is 5.59. The minimum atomic E-state index is 0.141. The Bertz CT molecular complexity index is 285. The lowest BCUT2D eigenvalue weighted by molar-refractivity contribution is 0.0945. The highest BCUT2D eigenvalue weighted by Crippen LogP contribution is 2.23. The topological polar surface area (TPSA) is 60.2 Å². The normalized spacial score (nSPS) is 22.9. The fourth-order valence-electron chi connectivity index (χ4n) is 1.98. The fraction of sp³-hybridized carbons (Fsp3) is 0.545. The van der Waals surface area contributed by atoms with Crippen molar-refractivity contribution in [1.82, 2.24) is 10.4 Å². The van der Waals surface area contributed by atoms with Gasteiger partial charge in [-0.1, -0.05) is 6.07 Å². The summed E-state index contributed by atoms with van der Waals surface area (Å²) in [7, 11) is 0. The summed E-state index contributed by atoms with van der Waals surface area (Å²) in [6.07, 6.45) is 7.17. The van der Waals surface area contributed by atoms with Gasteiger partial charge in [-0.05, 0) is 30.9 Å². The molecule has 0 saturated carbocycles. The summed E-state index contributed by atoms with van der Waals surface area (Å²) in [6, 6.07) is 4.10. The van der Waals surface area contributed by atoms with Gasteiger partial charge in [0, 0.05) is 25.0 Å². The van der Waals surface area contributed by atoms with Crippen molar-refractivity contribution in [2.24, 2.45) is 5.84 Å². The Morgan fingerprint density at radius 2 is 2.60 bits per heavy atom. The maximum atomic E-state index is 5.59. The van der Waals surface area contributed by atoms with Crippen LogP contribution in [0.3, 0.4) is 0 Å². The number of pyridine rings is 1. The van der Waals surface area contributed by atoms with Gasteiger partial charge in [0.2, 0.25) is 0 Å². The van der Waals surface area contributed by atoms with E-state index in [1.807, 2.05) is 18.3 Å². The lowest BCUT2D eigenvalue weighted by Crippen LogP contribution is -2.30. The van der Waals surface area contributed by atoms with Crippen LogP contribution in [-0.4, -0.2) is 17.7 Å². The lowest BCUT2D eigenvalue weighted by atomic mass is 10.0. The summed E-state index contributed by atoms with van der Waals surface area (Å²) >= 11 is 0. The molecule has 0 amide bonds. The molecule has 1 aliphatic rings. The van der Waals surface area contributed by atoms with E-state index in [-0.39, 0.29) is 6.04 Å². The van der Waals surface area contributed by atoms with E-state index < -0.39 is 0 Å². The van der Waals surface area contributed by atoms with Crippen LogP contribution in [0, 0.1) is 0 Å². The van der Waals surface area contributed by atoms with Gasteiger partial charge in [0.05, 0.1) is 6.10 Å². The number of ether oxygens (including phenoxy) is 1. The largest absolute Gasteiger partial charge is 0.378 e. The quantitative estimate of drug-likeness (QED) is 0.574. The first-order chi connectivity index (χ1) is 7.40. The van der Waals surface area contributed by atoms with Gasteiger partial charge in [0.1, 0.15) is 0 Å². The molecule has 0 spiro atoms. The van der Waals surface area contributed by atoms with Crippen LogP contribution >= 0.6 is 0 Å². The van der Waals surface area contributed by atoms with Crippen LogP contribution in [0.5, 0.6) is 0 Å². The highest BCUT2D eigenvalue weighted by molar-refractivity contribution is 5.13. The van der Waals surface area contributed by atoms with Crippen molar-refractivity contribution >= 4 is 0 Å². The zero-order chi connectivity index (χ0) is 10.5. The maximum absolute atomic E-state index is 5.59. The number of nitrogens with zero attached hydrogens (tertiary/aromatic N) is 1. The number of aromatic nitrogens is 1. The highest BCUT2D eigenvalue weighted by Gasteiger charge is 2.21. The van der Waals surface area contributed by atoms with Crippen LogP contribution in [0.25, 0.3) is 0 Å². The molecule has 0 aromatic carbocycles. The lowest BCUT2D eigenvalue weighted by Gasteiger charge is -2.19. The van der Waals surface area contributed by atoms with Crippen LogP contribution in [0.2, 0.25) is 0 Å². The number of hydrogen-bond acceptors (Lipinski definition) is 4. The number of nitrogens with one attached hydrogen (secondary N) is 1. The van der Waals surface area contributed by atoms with E-state index in [0.29, 0.717) is 6.10 Å². The van der Waals surface area contributed by atoms with E-state index in [2.05, 4.69) is 10.4 Å². The van der Waals surface area contributed by atoms with Crippen molar-refractivity contribution in [3.63, 3.8) is 0 Å². The molecule has 4 nitrogen and oxygen atoms in total. The molecule has 0 aliphatic carbocycles. The average molecular weight is 207 g/mol. The standard InChI is InChI=1S/C11H17N3O/c12-14-11(7-10-4-2-6-15-10)9-3-1-5-13-8-9/h1,3,5,8,10-11,14H,2,4,6-7,12H2. The molecule has 1 fully saturated rings. The van der Waals surface area contributed by atoms with Crippen LogP contribution < -0.4 is 11.3 Å². The molecule has 2 heterocycles. The predicted octanol–water partition coefficient (Wildman–Crippen LogP) is 1.16. The Labute approximate surface area is 89.8 Å². The van der Waals surface area contributed by atoms with Crippen molar-refractivity contribution in [1.29, 1.82) is 0 Å². The second-order valence-electron chi connectivity index (χ2n) is 3.88. The molecule has 2 atom stereocenters. The Morgan fingerprint density at radius 1 is 1.67 bits per heavy atom. The Morgan fingerprint density at radius 3 is 3.20 bits per heavy atom. The van der Waals surface area contributed by atoms with Crippen LogP contribution in [0.15, 0.2) is 24.5 Å². The minimum Gasteiger partial charge on any atom is -0.378 e. The first kappa shape index (κ1) is 10.5. The molecule has 0 radical (unpaired) electrons. The second kappa shape index (κ2) is 5.21. The maximum Gasteiger partial charge on any atom is 0.0594 e. The summed E-state index contributed by atoms with van der Waals surface area (Å²) in [5.41, 5.74) is 3.95. The zero-order valence-corrected chi connectivity index (χ0v) is 8.73. The van der Waals surface area contributed by atoms with Gasteiger partial charge >= 0.3 is 0 Å². The smallest absolute Gasteiger partial charge is 0.0594 e. The SMILES string of the molecule is NNC(CC1CCCO1)c1cccnc1. The first-order valence-electron chi connectivity index (χ1n) is 5.38. The number of rotatable bonds is 4. The molecule has 1 aromatic heterocycles. The van der Waals surface area contributed by atoms with Gasteiger partial charge in [0.15, 0.2) is 0 Å². The predicted molar refractivity (Wildman–Crippen MR) is 57.9 cm³/mol. The third-order valence-electron chi connectivity index (χ3n) is 2.81. The molecular formula is C11H17N3O. The monoisotopic (exact) mass is 207 g/mol.